The fourth-order valence-electron chi connectivity index (χ4n) is 8.00. The Bertz CT molecular complexity index is 2620. The van der Waals surface area contributed by atoms with E-state index in [1.165, 1.54) is 97.9 Å². The SMILES string of the molecule is Cc1ccc(C(C)C)cc1.Cc1ccc(P(c2ccc(C)cc2)c2ccc3ccccc3c2-c2c(P(c3ccc(C)cc3)c3ccc(C)cc3)ccc3ccccc23)cc1.[Cl][Ru][Cl]. The van der Waals surface area contributed by atoms with Crippen molar-refractivity contribution in [2.24, 2.45) is 0 Å². The van der Waals surface area contributed by atoms with Crippen molar-refractivity contribution in [2.45, 2.75) is 54.4 Å². The molecule has 0 amide bonds. The summed E-state index contributed by atoms with van der Waals surface area (Å²) in [5, 5.41) is 13.4. The first-order valence-electron chi connectivity index (χ1n) is 21.4. The summed E-state index contributed by atoms with van der Waals surface area (Å²) in [6.07, 6.45) is 0. The molecule has 0 saturated heterocycles. The zero-order valence-corrected chi connectivity index (χ0v) is 42.1. The quantitative estimate of drug-likeness (QED) is 0.105. The standard InChI is InChI=1S/C48H40P2.C10H14.2ClH.Ru/c1-33-13-23-39(24-14-33)49(40-25-15-34(2)16-26-40)45-31-21-37-9-5-7-11-43(37)47(45)48-44-12-8-6-10-38(44)22-32-46(48)50(41-27-17-35(3)18-28-41)42-29-19-36(4)20-30-42;1-8(2)10-6-4-9(3)5-7-10;;;/h5-32H,1-4H3;4-8H,1-3H3;2*1H;/q;;;;+2/p-2. The van der Waals surface area contributed by atoms with Gasteiger partial charge in [0.05, 0.1) is 0 Å². The van der Waals surface area contributed by atoms with Gasteiger partial charge in [0.2, 0.25) is 0 Å². The molecule has 0 aliphatic rings. The van der Waals surface area contributed by atoms with Crippen LogP contribution in [0.4, 0.5) is 0 Å². The van der Waals surface area contributed by atoms with E-state index >= 15 is 0 Å². The van der Waals surface area contributed by atoms with E-state index in [0.29, 0.717) is 5.92 Å². The van der Waals surface area contributed by atoms with Crippen molar-refractivity contribution in [1.82, 2.24) is 0 Å². The fourth-order valence-corrected chi connectivity index (χ4v) is 12.9. The van der Waals surface area contributed by atoms with E-state index in [4.69, 9.17) is 19.4 Å². The molecule has 0 saturated carbocycles. The second-order valence-electron chi connectivity index (χ2n) is 16.5. The van der Waals surface area contributed by atoms with Gasteiger partial charge in [-0.15, -0.1) is 0 Å². The molecule has 9 aromatic carbocycles. The van der Waals surface area contributed by atoms with E-state index in [1.54, 1.807) is 0 Å². The first-order chi connectivity index (χ1) is 30.6. The monoisotopic (exact) mass is 984 g/mol. The van der Waals surface area contributed by atoms with Crippen molar-refractivity contribution in [3.63, 3.8) is 0 Å². The molecule has 0 N–H and O–H groups in total. The van der Waals surface area contributed by atoms with Crippen molar-refractivity contribution in [3.8, 4) is 11.1 Å². The summed E-state index contributed by atoms with van der Waals surface area (Å²) in [6.45, 7) is 15.3. The molecule has 0 radical (unpaired) electrons. The molecule has 0 fully saturated rings. The van der Waals surface area contributed by atoms with E-state index in [9.17, 15) is 0 Å². The normalized spacial score (nSPS) is 11.2. The molecule has 9 rings (SSSR count). The molecule has 318 valence electrons. The molecule has 0 nitrogen and oxygen atoms in total. The number of rotatable bonds is 8. The first kappa shape index (κ1) is 46.6. The summed E-state index contributed by atoms with van der Waals surface area (Å²) >= 11 is -0.346. The van der Waals surface area contributed by atoms with Crippen molar-refractivity contribution < 1.29 is 15.1 Å². The number of hydrogen-bond acceptors (Lipinski definition) is 0. The van der Waals surface area contributed by atoms with E-state index in [-0.39, 0.29) is 15.1 Å². The van der Waals surface area contributed by atoms with Crippen LogP contribution in [-0.4, -0.2) is 0 Å². The average Bonchev–Trinajstić information content (AvgIpc) is 3.29. The number of hydrogen-bond donors (Lipinski definition) is 0. The minimum atomic E-state index is -0.885. The Morgan fingerprint density at radius 3 is 0.905 bits per heavy atom. The number of benzene rings is 9. The molecule has 0 spiro atoms. The van der Waals surface area contributed by atoms with Crippen LogP contribution in [0.1, 0.15) is 53.1 Å². The fraction of sp³-hybridized carbons (Fsp3) is 0.138. The van der Waals surface area contributed by atoms with E-state index in [1.807, 2.05) is 0 Å². The van der Waals surface area contributed by atoms with Crippen LogP contribution in [0.25, 0.3) is 32.7 Å². The minimum absolute atomic E-state index is 0.346. The van der Waals surface area contributed by atoms with Crippen LogP contribution in [0.3, 0.4) is 0 Å². The van der Waals surface area contributed by atoms with Crippen molar-refractivity contribution in [1.29, 1.82) is 0 Å². The maximum absolute atomic E-state index is 4.85. The van der Waals surface area contributed by atoms with E-state index in [0.717, 1.165) is 0 Å². The zero-order valence-electron chi connectivity index (χ0n) is 37.1. The van der Waals surface area contributed by atoms with Crippen molar-refractivity contribution in [2.75, 3.05) is 0 Å². The first-order valence-corrected chi connectivity index (χ1v) is 28.5. The van der Waals surface area contributed by atoms with Crippen LogP contribution in [0.5, 0.6) is 0 Å². The van der Waals surface area contributed by atoms with Crippen LogP contribution in [-0.2, 0) is 15.1 Å². The molecular weight excluding hydrogens is 931 g/mol. The number of aryl methyl sites for hydroxylation is 5. The number of fused-ring (bicyclic) bond motifs is 2. The third-order valence-electron chi connectivity index (χ3n) is 11.5. The van der Waals surface area contributed by atoms with Crippen LogP contribution in [0.15, 0.2) is 194 Å². The molecule has 0 heterocycles. The van der Waals surface area contributed by atoms with Gasteiger partial charge in [-0.1, -0.05) is 236 Å². The average molecular weight is 985 g/mol. The molecule has 0 aromatic heterocycles. The zero-order chi connectivity index (χ0) is 44.5. The Balaban J connectivity index is 0.000000397. The summed E-state index contributed by atoms with van der Waals surface area (Å²) in [6, 6.07) is 73.3. The second kappa shape index (κ2) is 22.0. The van der Waals surface area contributed by atoms with Crippen LogP contribution in [0.2, 0.25) is 0 Å². The topological polar surface area (TPSA) is 0 Å². The van der Waals surface area contributed by atoms with Gasteiger partial charge in [0.15, 0.2) is 0 Å². The van der Waals surface area contributed by atoms with Gasteiger partial charge in [-0.25, -0.2) is 0 Å². The molecule has 63 heavy (non-hydrogen) atoms. The summed E-state index contributed by atoms with van der Waals surface area (Å²) < 4.78 is 0. The van der Waals surface area contributed by atoms with Crippen molar-refractivity contribution in [3.05, 3.63) is 228 Å². The Hall–Kier alpha value is -4.44. The van der Waals surface area contributed by atoms with Gasteiger partial charge < -0.3 is 0 Å². The third kappa shape index (κ3) is 11.3. The van der Waals surface area contributed by atoms with Crippen LogP contribution in [0, 0.1) is 34.6 Å². The van der Waals surface area contributed by atoms with E-state index in [2.05, 4.69) is 243 Å². The summed E-state index contributed by atoms with van der Waals surface area (Å²) in [5.74, 6) is 0.653. The van der Waals surface area contributed by atoms with Gasteiger partial charge in [-0.2, -0.15) is 0 Å². The van der Waals surface area contributed by atoms with Crippen molar-refractivity contribution >= 4 is 88.6 Å². The molecule has 0 atom stereocenters. The Labute approximate surface area is 393 Å². The molecule has 0 aliphatic carbocycles. The van der Waals surface area contributed by atoms with Gasteiger partial charge in [0.25, 0.3) is 0 Å². The molecule has 0 unspecified atom stereocenters. The van der Waals surface area contributed by atoms with Gasteiger partial charge in [0, 0.05) is 0 Å². The Kier molecular flexibility index (Phi) is 16.2. The number of halogens is 2. The summed E-state index contributed by atoms with van der Waals surface area (Å²) in [7, 11) is 7.94. The molecule has 0 aliphatic heterocycles. The molecule has 0 bridgehead atoms. The Morgan fingerprint density at radius 1 is 0.349 bits per heavy atom. The van der Waals surface area contributed by atoms with Gasteiger partial charge in [-0.05, 0) is 126 Å². The van der Waals surface area contributed by atoms with Gasteiger partial charge in [-0.3, -0.25) is 0 Å². The third-order valence-corrected chi connectivity index (χ3v) is 16.4. The van der Waals surface area contributed by atoms with Crippen LogP contribution < -0.4 is 31.8 Å². The molecule has 5 heteroatoms. The predicted octanol–water partition coefficient (Wildman–Crippen LogP) is 14.9. The Morgan fingerprint density at radius 2 is 0.619 bits per heavy atom. The summed E-state index contributed by atoms with van der Waals surface area (Å²) in [4.78, 5) is 0. The molecule has 9 aromatic rings. The predicted molar refractivity (Wildman–Crippen MR) is 280 cm³/mol. The molecular formula is C58H54Cl2P2Ru. The van der Waals surface area contributed by atoms with Crippen LogP contribution >= 0.6 is 35.2 Å². The van der Waals surface area contributed by atoms with Gasteiger partial charge in [0.1, 0.15) is 0 Å². The van der Waals surface area contributed by atoms with Gasteiger partial charge >= 0.3 is 34.5 Å². The second-order valence-corrected chi connectivity index (χ2v) is 23.5. The summed E-state index contributed by atoms with van der Waals surface area (Å²) in [5.41, 5.74) is 10.6. The maximum atomic E-state index is 4.85. The van der Waals surface area contributed by atoms with E-state index < -0.39 is 15.8 Å².